The lowest BCUT2D eigenvalue weighted by Crippen LogP contribution is -2.34. The minimum atomic E-state index is -0.182. The van der Waals surface area contributed by atoms with Crippen LogP contribution in [0.25, 0.3) is 0 Å². The second kappa shape index (κ2) is 6.44. The first-order valence-electron chi connectivity index (χ1n) is 6.46. The minimum Gasteiger partial charge on any atom is -0.399 e. The lowest BCUT2D eigenvalue weighted by Gasteiger charge is -2.14. The summed E-state index contributed by atoms with van der Waals surface area (Å²) in [6.07, 6.45) is 0.777. The van der Waals surface area contributed by atoms with Crippen molar-refractivity contribution in [3.05, 3.63) is 64.7 Å². The topological polar surface area (TPSA) is 55.1 Å². The molecule has 2 aromatic carbocycles. The van der Waals surface area contributed by atoms with Crippen LogP contribution in [-0.2, 0) is 6.42 Å². The summed E-state index contributed by atoms with van der Waals surface area (Å²) in [4.78, 5) is 12.1. The highest BCUT2D eigenvalue weighted by Crippen LogP contribution is 2.19. The highest BCUT2D eigenvalue weighted by Gasteiger charge is 2.13. The fourth-order valence-corrected chi connectivity index (χ4v) is 2.31. The van der Waals surface area contributed by atoms with Gasteiger partial charge in [-0.3, -0.25) is 4.79 Å². The predicted molar refractivity (Wildman–Crippen MR) is 82.9 cm³/mol. The van der Waals surface area contributed by atoms with Crippen molar-refractivity contribution in [2.75, 3.05) is 5.73 Å². The molecule has 0 aliphatic rings. The molecule has 0 spiro atoms. The van der Waals surface area contributed by atoms with E-state index < -0.39 is 0 Å². The molecule has 0 fully saturated rings. The van der Waals surface area contributed by atoms with E-state index in [1.807, 2.05) is 37.3 Å². The SMILES string of the molecule is CC(Cc1ccccc1)NC(=O)c1ccc(N)cc1Cl. The number of hydrogen-bond acceptors (Lipinski definition) is 2. The van der Waals surface area contributed by atoms with Gasteiger partial charge in [0.1, 0.15) is 0 Å². The molecule has 3 nitrogen and oxygen atoms in total. The molecule has 0 radical (unpaired) electrons. The summed E-state index contributed by atoms with van der Waals surface area (Å²) in [6.45, 7) is 1.97. The van der Waals surface area contributed by atoms with Gasteiger partial charge in [-0.05, 0) is 37.1 Å². The number of nitrogens with two attached hydrogens (primary N) is 1. The molecule has 1 unspecified atom stereocenters. The van der Waals surface area contributed by atoms with Crippen LogP contribution >= 0.6 is 11.6 Å². The number of anilines is 1. The maximum atomic E-state index is 12.1. The van der Waals surface area contributed by atoms with Crippen LogP contribution in [0, 0.1) is 0 Å². The molecule has 2 aromatic rings. The van der Waals surface area contributed by atoms with E-state index in [0.29, 0.717) is 16.3 Å². The number of carbonyl (C=O) groups excluding carboxylic acids is 1. The van der Waals surface area contributed by atoms with Crippen LogP contribution in [0.15, 0.2) is 48.5 Å². The fourth-order valence-electron chi connectivity index (χ4n) is 2.04. The van der Waals surface area contributed by atoms with Gasteiger partial charge in [-0.25, -0.2) is 0 Å². The van der Waals surface area contributed by atoms with E-state index in [1.165, 1.54) is 5.56 Å². The standard InChI is InChI=1S/C16H17ClN2O/c1-11(9-12-5-3-2-4-6-12)19-16(20)14-8-7-13(18)10-15(14)17/h2-8,10-11H,9,18H2,1H3,(H,19,20). The summed E-state index contributed by atoms with van der Waals surface area (Å²) in [5.41, 5.74) is 7.79. The first-order valence-corrected chi connectivity index (χ1v) is 6.84. The highest BCUT2D eigenvalue weighted by atomic mass is 35.5. The monoisotopic (exact) mass is 288 g/mol. The lowest BCUT2D eigenvalue weighted by atomic mass is 10.1. The molecule has 0 aromatic heterocycles. The van der Waals surface area contributed by atoms with Crippen LogP contribution in [0.5, 0.6) is 0 Å². The van der Waals surface area contributed by atoms with E-state index in [0.717, 1.165) is 6.42 Å². The summed E-state index contributed by atoms with van der Waals surface area (Å²) >= 11 is 6.03. The van der Waals surface area contributed by atoms with Gasteiger partial charge >= 0.3 is 0 Å². The Kier molecular flexibility index (Phi) is 4.64. The van der Waals surface area contributed by atoms with Crippen LogP contribution in [0.2, 0.25) is 5.02 Å². The number of carbonyl (C=O) groups is 1. The molecule has 0 aliphatic carbocycles. The van der Waals surface area contributed by atoms with Crippen molar-refractivity contribution in [3.8, 4) is 0 Å². The van der Waals surface area contributed by atoms with Gasteiger partial charge in [0.25, 0.3) is 5.91 Å². The molecule has 4 heteroatoms. The van der Waals surface area contributed by atoms with Crippen molar-refractivity contribution >= 4 is 23.2 Å². The molecular formula is C16H17ClN2O. The molecule has 104 valence electrons. The third-order valence-electron chi connectivity index (χ3n) is 3.00. The molecule has 2 rings (SSSR count). The highest BCUT2D eigenvalue weighted by molar-refractivity contribution is 6.34. The molecule has 0 aliphatic heterocycles. The molecule has 0 bridgehead atoms. The Hall–Kier alpha value is -2.00. The first-order chi connectivity index (χ1) is 9.56. The number of halogens is 1. The Balaban J connectivity index is 2.00. The van der Waals surface area contributed by atoms with Crippen molar-refractivity contribution in [2.24, 2.45) is 0 Å². The van der Waals surface area contributed by atoms with Crippen LogP contribution in [-0.4, -0.2) is 11.9 Å². The van der Waals surface area contributed by atoms with E-state index >= 15 is 0 Å². The maximum absolute atomic E-state index is 12.1. The Morgan fingerprint density at radius 3 is 2.60 bits per heavy atom. The number of nitrogens with one attached hydrogen (secondary N) is 1. The fraction of sp³-hybridized carbons (Fsp3) is 0.188. The molecular weight excluding hydrogens is 272 g/mol. The molecule has 1 amide bonds. The first kappa shape index (κ1) is 14.4. The average Bonchev–Trinajstić information content (AvgIpc) is 2.39. The summed E-state index contributed by atoms with van der Waals surface area (Å²) < 4.78 is 0. The van der Waals surface area contributed by atoms with E-state index in [1.54, 1.807) is 18.2 Å². The number of hydrogen-bond donors (Lipinski definition) is 2. The van der Waals surface area contributed by atoms with Crippen molar-refractivity contribution < 1.29 is 4.79 Å². The molecule has 20 heavy (non-hydrogen) atoms. The zero-order valence-corrected chi connectivity index (χ0v) is 12.0. The van der Waals surface area contributed by atoms with Crippen LogP contribution in [0.1, 0.15) is 22.8 Å². The minimum absolute atomic E-state index is 0.0264. The Bertz CT molecular complexity index is 599. The molecule has 0 saturated heterocycles. The maximum Gasteiger partial charge on any atom is 0.253 e. The Labute approximate surface area is 123 Å². The smallest absolute Gasteiger partial charge is 0.253 e. The number of benzene rings is 2. The van der Waals surface area contributed by atoms with Crippen molar-refractivity contribution in [1.82, 2.24) is 5.32 Å². The second-order valence-electron chi connectivity index (χ2n) is 4.80. The van der Waals surface area contributed by atoms with E-state index in [2.05, 4.69) is 5.32 Å². The van der Waals surface area contributed by atoms with Crippen molar-refractivity contribution in [1.29, 1.82) is 0 Å². The number of nitrogen functional groups attached to an aromatic ring is 1. The van der Waals surface area contributed by atoms with Crippen molar-refractivity contribution in [3.63, 3.8) is 0 Å². The van der Waals surface area contributed by atoms with Gasteiger partial charge in [0.15, 0.2) is 0 Å². The van der Waals surface area contributed by atoms with Crippen LogP contribution in [0.3, 0.4) is 0 Å². The van der Waals surface area contributed by atoms with Gasteiger partial charge in [0.2, 0.25) is 0 Å². The largest absolute Gasteiger partial charge is 0.399 e. The van der Waals surface area contributed by atoms with Crippen molar-refractivity contribution in [2.45, 2.75) is 19.4 Å². The third kappa shape index (κ3) is 3.75. The molecule has 1 atom stereocenters. The average molecular weight is 289 g/mol. The molecule has 0 heterocycles. The summed E-state index contributed by atoms with van der Waals surface area (Å²) in [7, 11) is 0. The molecule has 3 N–H and O–H groups in total. The van der Waals surface area contributed by atoms with Crippen LogP contribution < -0.4 is 11.1 Å². The van der Waals surface area contributed by atoms with Gasteiger partial charge in [0.05, 0.1) is 10.6 Å². The normalized spacial score (nSPS) is 11.9. The summed E-state index contributed by atoms with van der Waals surface area (Å²) in [5.74, 6) is -0.182. The lowest BCUT2D eigenvalue weighted by molar-refractivity contribution is 0.0940. The Morgan fingerprint density at radius 1 is 1.25 bits per heavy atom. The molecule has 0 saturated carbocycles. The quantitative estimate of drug-likeness (QED) is 0.848. The number of amides is 1. The van der Waals surface area contributed by atoms with E-state index in [4.69, 9.17) is 17.3 Å². The second-order valence-corrected chi connectivity index (χ2v) is 5.21. The summed E-state index contributed by atoms with van der Waals surface area (Å²) in [5, 5.41) is 3.31. The Morgan fingerprint density at radius 2 is 1.95 bits per heavy atom. The predicted octanol–water partition coefficient (Wildman–Crippen LogP) is 3.28. The van der Waals surface area contributed by atoms with Gasteiger partial charge in [0, 0.05) is 11.7 Å². The third-order valence-corrected chi connectivity index (χ3v) is 3.31. The van der Waals surface area contributed by atoms with Gasteiger partial charge in [-0.2, -0.15) is 0 Å². The zero-order chi connectivity index (χ0) is 14.5. The zero-order valence-electron chi connectivity index (χ0n) is 11.3. The van der Waals surface area contributed by atoms with Crippen LogP contribution in [0.4, 0.5) is 5.69 Å². The van der Waals surface area contributed by atoms with E-state index in [-0.39, 0.29) is 11.9 Å². The van der Waals surface area contributed by atoms with Gasteiger partial charge in [-0.1, -0.05) is 41.9 Å². The van der Waals surface area contributed by atoms with Gasteiger partial charge < -0.3 is 11.1 Å². The summed E-state index contributed by atoms with van der Waals surface area (Å²) in [6, 6.07) is 14.9. The van der Waals surface area contributed by atoms with Gasteiger partial charge in [-0.15, -0.1) is 0 Å². The number of rotatable bonds is 4. The van der Waals surface area contributed by atoms with E-state index in [9.17, 15) is 4.79 Å².